The molecule has 0 unspecified atom stereocenters. The van der Waals surface area contributed by atoms with Gasteiger partial charge in [0.05, 0.1) is 0 Å². The fourth-order valence-corrected chi connectivity index (χ4v) is 2.92. The van der Waals surface area contributed by atoms with Gasteiger partial charge in [-0.15, -0.1) is 0 Å². The second-order valence-electron chi connectivity index (χ2n) is 4.22. The Bertz CT molecular complexity index is 786. The molecule has 0 aliphatic rings. The maximum absolute atomic E-state index is 12.3. The van der Waals surface area contributed by atoms with Gasteiger partial charge < -0.3 is 9.88 Å². The Morgan fingerprint density at radius 2 is 2.10 bits per heavy atom. The molecule has 2 N–H and O–H groups in total. The molecular formula is C12H13ClN4O3S. The Labute approximate surface area is 127 Å². The molecule has 0 saturated carbocycles. The molecule has 2 rings (SSSR count). The Balaban J connectivity index is 2.34. The van der Waals surface area contributed by atoms with Gasteiger partial charge in [0.2, 0.25) is 0 Å². The van der Waals surface area contributed by atoms with Gasteiger partial charge in [0.15, 0.2) is 0 Å². The van der Waals surface area contributed by atoms with Crippen LogP contribution in [0.1, 0.15) is 10.5 Å². The van der Waals surface area contributed by atoms with Gasteiger partial charge in [-0.25, -0.2) is 13.4 Å². The lowest BCUT2D eigenvalue weighted by Gasteiger charge is -2.05. The minimum absolute atomic E-state index is 0.0367. The first kappa shape index (κ1) is 15.3. The summed E-state index contributed by atoms with van der Waals surface area (Å²) in [7, 11) is -0.791. The van der Waals surface area contributed by atoms with Gasteiger partial charge in [-0.1, -0.05) is 11.6 Å². The summed E-state index contributed by atoms with van der Waals surface area (Å²) in [5.74, 6) is -0.271. The first-order chi connectivity index (χ1) is 9.83. The minimum Gasteiger partial charge on any atom is -0.354 e. The Morgan fingerprint density at radius 3 is 2.71 bits per heavy atom. The predicted octanol–water partition coefficient (Wildman–Crippen LogP) is 1.23. The lowest BCUT2D eigenvalue weighted by Crippen LogP contribution is -2.20. The van der Waals surface area contributed by atoms with E-state index in [1.165, 1.54) is 42.2 Å². The molecule has 0 aliphatic carbocycles. The third kappa shape index (κ3) is 3.34. The van der Waals surface area contributed by atoms with E-state index in [4.69, 9.17) is 11.6 Å². The third-order valence-electron chi connectivity index (χ3n) is 2.71. The van der Waals surface area contributed by atoms with Crippen LogP contribution in [0.25, 0.3) is 0 Å². The first-order valence-electron chi connectivity index (χ1n) is 5.86. The molecule has 0 fully saturated rings. The molecule has 112 valence electrons. The average Bonchev–Trinajstić information content (AvgIpc) is 2.80. The van der Waals surface area contributed by atoms with Crippen LogP contribution < -0.4 is 10.0 Å². The van der Waals surface area contributed by atoms with Crippen LogP contribution in [-0.2, 0) is 17.1 Å². The van der Waals surface area contributed by atoms with E-state index in [0.717, 1.165) is 0 Å². The normalized spacial score (nSPS) is 11.2. The highest BCUT2D eigenvalue weighted by molar-refractivity contribution is 7.92. The summed E-state index contributed by atoms with van der Waals surface area (Å²) in [5.41, 5.74) is 0.233. The molecule has 0 saturated heterocycles. The number of halogens is 1. The molecular weight excluding hydrogens is 316 g/mol. The van der Waals surface area contributed by atoms with Crippen molar-refractivity contribution in [1.29, 1.82) is 0 Å². The molecule has 0 aromatic carbocycles. The van der Waals surface area contributed by atoms with E-state index >= 15 is 0 Å². The number of nitrogens with zero attached hydrogens (tertiary/aromatic N) is 2. The van der Waals surface area contributed by atoms with Crippen LogP contribution in [0.4, 0.5) is 5.82 Å². The fraction of sp³-hybridized carbons (Fsp3) is 0.167. The number of hydrogen-bond donors (Lipinski definition) is 2. The number of amides is 1. The second-order valence-corrected chi connectivity index (χ2v) is 6.33. The number of rotatable bonds is 4. The monoisotopic (exact) mass is 328 g/mol. The van der Waals surface area contributed by atoms with Crippen molar-refractivity contribution < 1.29 is 13.2 Å². The summed E-state index contributed by atoms with van der Waals surface area (Å²) in [6.07, 6.45) is 2.73. The smallest absolute Gasteiger partial charge is 0.267 e. The SMILES string of the molecule is CNC(=O)c1cc(S(=O)(=O)Nc2cc(Cl)ccn2)cn1C. The number of carbonyl (C=O) groups is 1. The van der Waals surface area contributed by atoms with Crippen LogP contribution in [0.5, 0.6) is 0 Å². The third-order valence-corrected chi connectivity index (χ3v) is 4.27. The summed E-state index contributed by atoms with van der Waals surface area (Å²) in [4.78, 5) is 15.4. The second kappa shape index (κ2) is 5.74. The van der Waals surface area contributed by atoms with E-state index in [0.29, 0.717) is 5.02 Å². The molecule has 2 heterocycles. The Hall–Kier alpha value is -2.06. The van der Waals surface area contributed by atoms with Crippen LogP contribution in [0.2, 0.25) is 5.02 Å². The Morgan fingerprint density at radius 1 is 1.38 bits per heavy atom. The maximum Gasteiger partial charge on any atom is 0.267 e. The van der Waals surface area contributed by atoms with Crippen LogP contribution in [-0.4, -0.2) is 30.9 Å². The number of sulfonamides is 1. The van der Waals surface area contributed by atoms with E-state index in [9.17, 15) is 13.2 Å². The highest BCUT2D eigenvalue weighted by atomic mass is 35.5. The zero-order valence-corrected chi connectivity index (χ0v) is 12.9. The molecule has 9 heteroatoms. The molecule has 1 amide bonds. The van der Waals surface area contributed by atoms with Crippen LogP contribution in [0, 0.1) is 0 Å². The number of pyridine rings is 1. The van der Waals surface area contributed by atoms with Gasteiger partial charge in [0.1, 0.15) is 16.4 Å². The van der Waals surface area contributed by atoms with Crippen molar-refractivity contribution in [2.24, 2.45) is 7.05 Å². The highest BCUT2D eigenvalue weighted by Crippen LogP contribution is 2.19. The van der Waals surface area contributed by atoms with Crippen molar-refractivity contribution in [3.05, 3.63) is 41.3 Å². The number of carbonyl (C=O) groups excluding carboxylic acids is 1. The topological polar surface area (TPSA) is 93.1 Å². The standard InChI is InChI=1S/C12H13ClN4O3S/c1-14-12(18)10-6-9(7-17(10)2)21(19,20)16-11-5-8(13)3-4-15-11/h3-7H,1-2H3,(H,14,18)(H,15,16). The van der Waals surface area contributed by atoms with Crippen LogP contribution in [0.15, 0.2) is 35.5 Å². The number of aryl methyl sites for hydroxylation is 1. The minimum atomic E-state index is -3.85. The lowest BCUT2D eigenvalue weighted by molar-refractivity contribution is 0.0955. The molecule has 21 heavy (non-hydrogen) atoms. The van der Waals surface area contributed by atoms with Gasteiger partial charge in [-0.3, -0.25) is 9.52 Å². The van der Waals surface area contributed by atoms with E-state index in [-0.39, 0.29) is 22.3 Å². The van der Waals surface area contributed by atoms with Crippen molar-refractivity contribution in [2.75, 3.05) is 11.8 Å². The largest absolute Gasteiger partial charge is 0.354 e. The van der Waals surface area contributed by atoms with Crippen molar-refractivity contribution in [3.8, 4) is 0 Å². The van der Waals surface area contributed by atoms with E-state index < -0.39 is 10.0 Å². The summed E-state index contributed by atoms with van der Waals surface area (Å²) < 4.78 is 28.2. The van der Waals surface area contributed by atoms with Gasteiger partial charge >= 0.3 is 0 Å². The van der Waals surface area contributed by atoms with Crippen molar-refractivity contribution in [2.45, 2.75) is 4.90 Å². The summed E-state index contributed by atoms with van der Waals surface area (Å²) >= 11 is 5.78. The molecule has 2 aromatic heterocycles. The quantitative estimate of drug-likeness (QED) is 0.883. The molecule has 0 bridgehead atoms. The van der Waals surface area contributed by atoms with Gasteiger partial charge in [-0.05, 0) is 12.1 Å². The van der Waals surface area contributed by atoms with Crippen molar-refractivity contribution in [1.82, 2.24) is 14.9 Å². The van der Waals surface area contributed by atoms with E-state index in [1.54, 1.807) is 7.05 Å². The highest BCUT2D eigenvalue weighted by Gasteiger charge is 2.20. The van der Waals surface area contributed by atoms with Crippen LogP contribution in [0.3, 0.4) is 0 Å². The van der Waals surface area contributed by atoms with Gasteiger partial charge in [0, 0.05) is 37.6 Å². The summed E-state index contributed by atoms with van der Waals surface area (Å²) in [6, 6.07) is 4.21. The van der Waals surface area contributed by atoms with Crippen molar-refractivity contribution >= 4 is 33.3 Å². The number of anilines is 1. The lowest BCUT2D eigenvalue weighted by atomic mass is 10.4. The van der Waals surface area contributed by atoms with Gasteiger partial charge in [-0.2, -0.15) is 0 Å². The maximum atomic E-state index is 12.3. The molecule has 0 spiro atoms. The molecule has 0 radical (unpaired) electrons. The zero-order chi connectivity index (χ0) is 15.6. The molecule has 2 aromatic rings. The number of aromatic nitrogens is 2. The number of nitrogens with one attached hydrogen (secondary N) is 2. The van der Waals surface area contributed by atoms with Crippen LogP contribution >= 0.6 is 11.6 Å². The van der Waals surface area contributed by atoms with E-state index in [1.807, 2.05) is 0 Å². The van der Waals surface area contributed by atoms with Gasteiger partial charge in [0.25, 0.3) is 15.9 Å². The zero-order valence-electron chi connectivity index (χ0n) is 11.3. The summed E-state index contributed by atoms with van der Waals surface area (Å²) in [5, 5.41) is 2.80. The average molecular weight is 329 g/mol. The first-order valence-corrected chi connectivity index (χ1v) is 7.72. The number of hydrogen-bond acceptors (Lipinski definition) is 4. The Kier molecular flexibility index (Phi) is 4.19. The predicted molar refractivity (Wildman–Crippen MR) is 78.9 cm³/mol. The molecule has 0 aliphatic heterocycles. The fourth-order valence-electron chi connectivity index (χ4n) is 1.69. The van der Waals surface area contributed by atoms with Crippen molar-refractivity contribution in [3.63, 3.8) is 0 Å². The molecule has 7 nitrogen and oxygen atoms in total. The van der Waals surface area contributed by atoms with E-state index in [2.05, 4.69) is 15.0 Å². The molecule has 0 atom stereocenters. The summed E-state index contributed by atoms with van der Waals surface area (Å²) in [6.45, 7) is 0.